The van der Waals surface area contributed by atoms with Gasteiger partial charge in [-0.1, -0.05) is 0 Å². The number of hydrogen-bond donors (Lipinski definition) is 2. The van der Waals surface area contributed by atoms with Gasteiger partial charge in [0, 0.05) is 18.8 Å². The number of rotatable bonds is 4. The molecule has 0 amide bonds. The summed E-state index contributed by atoms with van der Waals surface area (Å²) in [7, 11) is 1.57. The first kappa shape index (κ1) is 15.7. The number of methoxy groups -OCH3 is 1. The molecule has 1 unspecified atom stereocenters. The normalized spacial score (nSPS) is 12.9. The molecule has 0 aromatic heterocycles. The molecule has 1 aromatic carbocycles. The topological polar surface area (TPSA) is 33.3 Å². The van der Waals surface area contributed by atoms with Crippen molar-refractivity contribution >= 4 is 23.0 Å². The average molecular weight is 292 g/mol. The molecule has 0 aliphatic carbocycles. The Labute approximate surface area is 115 Å². The zero-order valence-corrected chi connectivity index (χ0v) is 11.4. The van der Waals surface area contributed by atoms with Gasteiger partial charge in [-0.25, -0.2) is 0 Å². The molecule has 1 rings (SSSR count). The van der Waals surface area contributed by atoms with Crippen LogP contribution in [0.1, 0.15) is 12.5 Å². The molecule has 0 radical (unpaired) electrons. The minimum absolute atomic E-state index is 0.0134. The lowest BCUT2D eigenvalue weighted by atomic mass is 10.2. The Hall–Kier alpha value is -1.34. The molecule has 2 N–H and O–H groups in total. The summed E-state index contributed by atoms with van der Waals surface area (Å²) in [4.78, 5) is 0. The van der Waals surface area contributed by atoms with Crippen LogP contribution >= 0.6 is 12.2 Å². The molecule has 0 saturated heterocycles. The molecule has 0 aliphatic heterocycles. The van der Waals surface area contributed by atoms with Crippen molar-refractivity contribution in [3.8, 4) is 0 Å². The Morgan fingerprint density at radius 1 is 1.32 bits per heavy atom. The second-order valence-corrected chi connectivity index (χ2v) is 4.44. The third kappa shape index (κ3) is 5.44. The summed E-state index contributed by atoms with van der Waals surface area (Å²) in [5, 5.41) is 6.09. The van der Waals surface area contributed by atoms with Gasteiger partial charge in [-0.2, -0.15) is 13.2 Å². The van der Waals surface area contributed by atoms with Crippen LogP contribution in [0.4, 0.5) is 18.9 Å². The van der Waals surface area contributed by atoms with Crippen LogP contribution < -0.4 is 10.6 Å². The Balaban J connectivity index is 2.56. The lowest BCUT2D eigenvalue weighted by molar-refractivity contribution is -0.137. The van der Waals surface area contributed by atoms with Crippen molar-refractivity contribution in [1.82, 2.24) is 5.32 Å². The van der Waals surface area contributed by atoms with Gasteiger partial charge in [0.15, 0.2) is 5.11 Å². The van der Waals surface area contributed by atoms with E-state index in [0.29, 0.717) is 17.4 Å². The van der Waals surface area contributed by atoms with Gasteiger partial charge >= 0.3 is 6.18 Å². The van der Waals surface area contributed by atoms with Crippen LogP contribution in [0, 0.1) is 0 Å². The Bertz CT molecular complexity index is 420. The summed E-state index contributed by atoms with van der Waals surface area (Å²) >= 11 is 5.03. The number of ether oxygens (including phenoxy) is 1. The third-order valence-electron chi connectivity index (χ3n) is 2.26. The van der Waals surface area contributed by atoms with Crippen molar-refractivity contribution in [3.63, 3.8) is 0 Å². The fourth-order valence-corrected chi connectivity index (χ4v) is 1.74. The highest BCUT2D eigenvalue weighted by Crippen LogP contribution is 2.29. The molecular formula is C12H15F3N2OS. The largest absolute Gasteiger partial charge is 0.416 e. The molecule has 0 bridgehead atoms. The van der Waals surface area contributed by atoms with Crippen molar-refractivity contribution in [2.45, 2.75) is 19.1 Å². The molecule has 3 nitrogen and oxygen atoms in total. The zero-order chi connectivity index (χ0) is 14.5. The SMILES string of the molecule is COCC(C)NC(=S)Nc1ccc(C(F)(F)F)cc1. The van der Waals surface area contributed by atoms with E-state index in [4.69, 9.17) is 17.0 Å². The number of thiocarbonyl (C=S) groups is 1. The summed E-state index contributed by atoms with van der Waals surface area (Å²) in [5.41, 5.74) is -0.195. The maximum absolute atomic E-state index is 12.4. The molecule has 0 spiro atoms. The van der Waals surface area contributed by atoms with Gasteiger partial charge in [0.2, 0.25) is 0 Å². The predicted octanol–water partition coefficient (Wildman–Crippen LogP) is 3.03. The highest BCUT2D eigenvalue weighted by molar-refractivity contribution is 7.80. The van der Waals surface area contributed by atoms with Crippen LogP contribution in [0.2, 0.25) is 0 Å². The lowest BCUT2D eigenvalue weighted by Crippen LogP contribution is -2.38. The number of halogens is 3. The molecule has 0 aliphatic rings. The van der Waals surface area contributed by atoms with Gasteiger partial charge in [-0.05, 0) is 43.4 Å². The minimum Gasteiger partial charge on any atom is -0.383 e. The highest BCUT2D eigenvalue weighted by atomic mass is 32.1. The van der Waals surface area contributed by atoms with Crippen LogP contribution in [-0.2, 0) is 10.9 Å². The molecule has 0 saturated carbocycles. The second-order valence-electron chi connectivity index (χ2n) is 4.03. The maximum Gasteiger partial charge on any atom is 0.416 e. The van der Waals surface area contributed by atoms with Crippen molar-refractivity contribution in [2.24, 2.45) is 0 Å². The van der Waals surface area contributed by atoms with Crippen LogP contribution in [-0.4, -0.2) is 24.9 Å². The molecule has 0 heterocycles. The zero-order valence-electron chi connectivity index (χ0n) is 10.5. The van der Waals surface area contributed by atoms with Crippen molar-refractivity contribution in [2.75, 3.05) is 19.0 Å². The summed E-state index contributed by atoms with van der Waals surface area (Å²) < 4.78 is 42.0. The van der Waals surface area contributed by atoms with E-state index >= 15 is 0 Å². The molecule has 0 fully saturated rings. The monoisotopic (exact) mass is 292 g/mol. The van der Waals surface area contributed by atoms with Crippen molar-refractivity contribution in [3.05, 3.63) is 29.8 Å². The van der Waals surface area contributed by atoms with Gasteiger partial charge < -0.3 is 15.4 Å². The van der Waals surface area contributed by atoms with Gasteiger partial charge in [0.1, 0.15) is 0 Å². The van der Waals surface area contributed by atoms with Gasteiger partial charge in [0.05, 0.1) is 12.2 Å². The van der Waals surface area contributed by atoms with E-state index in [1.807, 2.05) is 6.92 Å². The number of benzene rings is 1. The van der Waals surface area contributed by atoms with E-state index in [9.17, 15) is 13.2 Å². The number of anilines is 1. The minimum atomic E-state index is -4.33. The predicted molar refractivity (Wildman–Crippen MR) is 72.1 cm³/mol. The third-order valence-corrected chi connectivity index (χ3v) is 2.48. The van der Waals surface area contributed by atoms with Crippen LogP contribution in [0.3, 0.4) is 0 Å². The van der Waals surface area contributed by atoms with E-state index in [1.54, 1.807) is 7.11 Å². The van der Waals surface area contributed by atoms with E-state index in [1.165, 1.54) is 12.1 Å². The molecule has 7 heteroatoms. The molecule has 19 heavy (non-hydrogen) atoms. The summed E-state index contributed by atoms with van der Waals surface area (Å²) in [6, 6.07) is 4.68. The Morgan fingerprint density at radius 2 is 1.89 bits per heavy atom. The lowest BCUT2D eigenvalue weighted by Gasteiger charge is -2.16. The number of nitrogens with one attached hydrogen (secondary N) is 2. The first-order valence-corrected chi connectivity index (χ1v) is 5.97. The fraction of sp³-hybridized carbons (Fsp3) is 0.417. The van der Waals surface area contributed by atoms with E-state index < -0.39 is 11.7 Å². The molecular weight excluding hydrogens is 277 g/mol. The first-order valence-electron chi connectivity index (χ1n) is 5.56. The number of alkyl halides is 3. The maximum atomic E-state index is 12.4. The summed E-state index contributed by atoms with van der Waals surface area (Å²) in [5.74, 6) is 0. The standard InChI is InChI=1S/C12H15F3N2OS/c1-8(7-18-2)16-11(19)17-10-5-3-9(4-6-10)12(13,14)15/h3-6,8H,7H2,1-2H3,(H2,16,17,19). The van der Waals surface area contributed by atoms with Crippen molar-refractivity contribution in [1.29, 1.82) is 0 Å². The fourth-order valence-electron chi connectivity index (χ4n) is 1.43. The van der Waals surface area contributed by atoms with Crippen molar-refractivity contribution < 1.29 is 17.9 Å². The first-order chi connectivity index (χ1) is 8.82. The van der Waals surface area contributed by atoms with Crippen LogP contribution in [0.15, 0.2) is 24.3 Å². The quantitative estimate of drug-likeness (QED) is 0.836. The van der Waals surface area contributed by atoms with E-state index in [-0.39, 0.29) is 6.04 Å². The van der Waals surface area contributed by atoms with Gasteiger partial charge in [0.25, 0.3) is 0 Å². The summed E-state index contributed by atoms with van der Waals surface area (Å²) in [6.45, 7) is 2.36. The second kappa shape index (κ2) is 6.72. The van der Waals surface area contributed by atoms with Crippen LogP contribution in [0.25, 0.3) is 0 Å². The Kier molecular flexibility index (Phi) is 5.56. The summed E-state index contributed by atoms with van der Waals surface area (Å²) in [6.07, 6.45) is -4.33. The molecule has 106 valence electrons. The average Bonchev–Trinajstić information content (AvgIpc) is 2.28. The van der Waals surface area contributed by atoms with Gasteiger partial charge in [-0.15, -0.1) is 0 Å². The van der Waals surface area contributed by atoms with E-state index in [0.717, 1.165) is 12.1 Å². The smallest absolute Gasteiger partial charge is 0.383 e. The highest BCUT2D eigenvalue weighted by Gasteiger charge is 2.29. The molecule has 1 atom stereocenters. The Morgan fingerprint density at radius 3 is 2.37 bits per heavy atom. The number of hydrogen-bond acceptors (Lipinski definition) is 2. The van der Waals surface area contributed by atoms with E-state index in [2.05, 4.69) is 10.6 Å². The van der Waals surface area contributed by atoms with Crippen LogP contribution in [0.5, 0.6) is 0 Å². The van der Waals surface area contributed by atoms with Gasteiger partial charge in [-0.3, -0.25) is 0 Å². The molecule has 1 aromatic rings.